The van der Waals surface area contributed by atoms with Gasteiger partial charge in [-0.1, -0.05) is 76.6 Å². The monoisotopic (exact) mass is 497 g/mol. The molecule has 0 unspecified atom stereocenters. The van der Waals surface area contributed by atoms with Crippen molar-refractivity contribution in [2.45, 2.75) is 6.54 Å². The highest BCUT2D eigenvalue weighted by molar-refractivity contribution is 9.10. The van der Waals surface area contributed by atoms with Crippen LogP contribution in [0.3, 0.4) is 0 Å². The van der Waals surface area contributed by atoms with Gasteiger partial charge in [-0.2, -0.15) is 5.10 Å². The zero-order chi connectivity index (χ0) is 22.8. The van der Waals surface area contributed by atoms with Gasteiger partial charge in [0, 0.05) is 33.7 Å². The fourth-order valence-electron chi connectivity index (χ4n) is 4.03. The number of amides is 1. The highest BCUT2D eigenvalue weighted by Crippen LogP contribution is 2.25. The van der Waals surface area contributed by atoms with Gasteiger partial charge in [-0.15, -0.1) is 0 Å². The summed E-state index contributed by atoms with van der Waals surface area (Å²) >= 11 is 3.31. The first-order valence-electron chi connectivity index (χ1n) is 10.5. The van der Waals surface area contributed by atoms with E-state index in [9.17, 15) is 9.90 Å². The van der Waals surface area contributed by atoms with Gasteiger partial charge in [0.25, 0.3) is 5.91 Å². The Hall–Kier alpha value is -3.90. The molecule has 0 spiro atoms. The first-order valence-corrected chi connectivity index (χ1v) is 11.3. The number of phenolic OH excluding ortho intramolecular Hbond substituents is 1. The summed E-state index contributed by atoms with van der Waals surface area (Å²) in [5, 5.41) is 17.6. The molecule has 6 heteroatoms. The van der Waals surface area contributed by atoms with E-state index in [1.807, 2.05) is 30.5 Å². The second-order valence-corrected chi connectivity index (χ2v) is 8.64. The van der Waals surface area contributed by atoms with E-state index in [0.29, 0.717) is 11.0 Å². The quantitative estimate of drug-likeness (QED) is 0.228. The molecule has 0 fully saturated rings. The lowest BCUT2D eigenvalue weighted by Gasteiger charge is -2.09. The Bertz CT molecular complexity index is 1520. The molecule has 0 aliphatic rings. The number of aromatic nitrogens is 1. The molecule has 1 amide bonds. The van der Waals surface area contributed by atoms with Crippen molar-refractivity contribution in [3.8, 4) is 5.75 Å². The van der Waals surface area contributed by atoms with Crippen LogP contribution in [0.15, 0.2) is 101 Å². The number of fused-ring (bicyclic) bond motifs is 2. The summed E-state index contributed by atoms with van der Waals surface area (Å²) < 4.78 is 2.89. The third-order valence-electron chi connectivity index (χ3n) is 5.61. The van der Waals surface area contributed by atoms with Crippen LogP contribution < -0.4 is 5.43 Å². The molecular formula is C27H20BrN3O2. The van der Waals surface area contributed by atoms with Crippen molar-refractivity contribution >= 4 is 49.7 Å². The number of halogens is 1. The van der Waals surface area contributed by atoms with E-state index in [0.717, 1.165) is 16.5 Å². The summed E-state index contributed by atoms with van der Waals surface area (Å²) in [6, 6.07) is 27.5. The Kier molecular flexibility index (Phi) is 5.67. The predicted octanol–water partition coefficient (Wildman–Crippen LogP) is 6.07. The molecule has 0 radical (unpaired) electrons. The van der Waals surface area contributed by atoms with Crippen LogP contribution >= 0.6 is 15.9 Å². The van der Waals surface area contributed by atoms with Gasteiger partial charge in [0.05, 0.1) is 11.8 Å². The van der Waals surface area contributed by atoms with Crippen LogP contribution in [0, 0.1) is 0 Å². The molecule has 33 heavy (non-hydrogen) atoms. The average molecular weight is 498 g/mol. The topological polar surface area (TPSA) is 66.6 Å². The predicted molar refractivity (Wildman–Crippen MR) is 136 cm³/mol. The zero-order valence-corrected chi connectivity index (χ0v) is 19.2. The zero-order valence-electron chi connectivity index (χ0n) is 17.6. The number of aromatic hydroxyl groups is 1. The normalized spacial score (nSPS) is 11.4. The molecule has 1 heterocycles. The number of hydrazone groups is 1. The fourth-order valence-corrected chi connectivity index (χ4v) is 4.39. The van der Waals surface area contributed by atoms with E-state index in [-0.39, 0.29) is 11.3 Å². The van der Waals surface area contributed by atoms with Crippen LogP contribution in [0.25, 0.3) is 21.7 Å². The Morgan fingerprint density at radius 1 is 0.970 bits per heavy atom. The van der Waals surface area contributed by atoms with Crippen molar-refractivity contribution in [2.24, 2.45) is 5.10 Å². The molecule has 0 bridgehead atoms. The molecule has 0 saturated heterocycles. The number of para-hydroxylation sites is 1. The summed E-state index contributed by atoms with van der Waals surface area (Å²) in [4.78, 5) is 12.4. The molecule has 5 aromatic rings. The Labute approximate surface area is 199 Å². The van der Waals surface area contributed by atoms with E-state index in [1.54, 1.807) is 18.3 Å². The molecule has 0 aliphatic heterocycles. The van der Waals surface area contributed by atoms with Crippen LogP contribution in [0.4, 0.5) is 0 Å². The van der Waals surface area contributed by atoms with Gasteiger partial charge < -0.3 is 9.67 Å². The van der Waals surface area contributed by atoms with Crippen molar-refractivity contribution in [3.05, 3.63) is 112 Å². The lowest BCUT2D eigenvalue weighted by molar-refractivity contribution is 0.0952. The standard InChI is InChI=1S/C27H20BrN3O2/c28-21-12-13-26(32)24(14-21)27(33)30-29-15-20-17-31(25-11-4-3-10-23(20)25)16-19-8-5-7-18-6-1-2-9-22(18)19/h1-15,17,32H,16H2,(H,30,33)/b29-15-. The molecule has 4 aromatic carbocycles. The van der Waals surface area contributed by atoms with Gasteiger partial charge in [0.2, 0.25) is 0 Å². The maximum atomic E-state index is 12.4. The van der Waals surface area contributed by atoms with Gasteiger partial charge in [0.1, 0.15) is 5.75 Å². The smallest absolute Gasteiger partial charge is 0.275 e. The number of nitrogens with one attached hydrogen (secondary N) is 1. The van der Waals surface area contributed by atoms with E-state index in [4.69, 9.17) is 0 Å². The maximum Gasteiger partial charge on any atom is 0.275 e. The van der Waals surface area contributed by atoms with Crippen LogP contribution in [-0.4, -0.2) is 21.8 Å². The van der Waals surface area contributed by atoms with Crippen LogP contribution in [0.1, 0.15) is 21.5 Å². The minimum absolute atomic E-state index is 0.0995. The summed E-state index contributed by atoms with van der Waals surface area (Å²) in [5.74, 6) is -0.581. The highest BCUT2D eigenvalue weighted by atomic mass is 79.9. The SMILES string of the molecule is O=C(N/N=C\c1cn(Cc2cccc3ccccc23)c2ccccc12)c1cc(Br)ccc1O. The summed E-state index contributed by atoms with van der Waals surface area (Å²) in [6.45, 7) is 0.716. The van der Waals surface area contributed by atoms with E-state index in [1.165, 1.54) is 22.4 Å². The number of hydrogen-bond acceptors (Lipinski definition) is 3. The molecule has 0 saturated carbocycles. The first-order chi connectivity index (χ1) is 16.1. The molecule has 5 nitrogen and oxygen atoms in total. The fraction of sp³-hybridized carbons (Fsp3) is 0.0370. The van der Waals surface area contributed by atoms with Gasteiger partial charge in [-0.25, -0.2) is 5.43 Å². The van der Waals surface area contributed by atoms with E-state index < -0.39 is 5.91 Å². The Morgan fingerprint density at radius 2 is 1.73 bits per heavy atom. The number of rotatable bonds is 5. The minimum atomic E-state index is -0.482. The summed E-state index contributed by atoms with van der Waals surface area (Å²) in [5.41, 5.74) is 5.87. The second kappa shape index (κ2) is 8.92. The maximum absolute atomic E-state index is 12.4. The van der Waals surface area contributed by atoms with Crippen molar-refractivity contribution in [1.29, 1.82) is 0 Å². The van der Waals surface area contributed by atoms with Crippen LogP contribution in [-0.2, 0) is 6.54 Å². The largest absolute Gasteiger partial charge is 0.507 e. The lowest BCUT2D eigenvalue weighted by Crippen LogP contribution is -2.17. The highest BCUT2D eigenvalue weighted by Gasteiger charge is 2.12. The summed E-state index contributed by atoms with van der Waals surface area (Å²) in [7, 11) is 0. The molecule has 1 aromatic heterocycles. The number of nitrogens with zero attached hydrogens (tertiary/aromatic N) is 2. The molecule has 5 rings (SSSR count). The first kappa shape index (κ1) is 21.0. The van der Waals surface area contributed by atoms with Crippen molar-refractivity contribution < 1.29 is 9.90 Å². The minimum Gasteiger partial charge on any atom is -0.507 e. The van der Waals surface area contributed by atoms with Crippen molar-refractivity contribution in [3.63, 3.8) is 0 Å². The number of phenols is 1. The Morgan fingerprint density at radius 3 is 2.61 bits per heavy atom. The molecule has 2 N–H and O–H groups in total. The number of hydrogen-bond donors (Lipinski definition) is 2. The van der Waals surface area contributed by atoms with Crippen LogP contribution in [0.2, 0.25) is 0 Å². The van der Waals surface area contributed by atoms with Gasteiger partial charge in [-0.3, -0.25) is 4.79 Å². The van der Waals surface area contributed by atoms with E-state index in [2.05, 4.69) is 73.5 Å². The lowest BCUT2D eigenvalue weighted by atomic mass is 10.0. The second-order valence-electron chi connectivity index (χ2n) is 7.73. The molecule has 0 aliphatic carbocycles. The van der Waals surface area contributed by atoms with Crippen molar-refractivity contribution in [1.82, 2.24) is 9.99 Å². The molecular weight excluding hydrogens is 478 g/mol. The Balaban J connectivity index is 1.44. The molecule has 0 atom stereocenters. The summed E-state index contributed by atoms with van der Waals surface area (Å²) in [6.07, 6.45) is 3.67. The number of benzene rings is 4. The third kappa shape index (κ3) is 4.25. The number of carbonyl (C=O) groups excluding carboxylic acids is 1. The average Bonchev–Trinajstić information content (AvgIpc) is 3.18. The van der Waals surface area contributed by atoms with E-state index >= 15 is 0 Å². The van der Waals surface area contributed by atoms with Gasteiger partial charge in [-0.05, 0) is 40.6 Å². The van der Waals surface area contributed by atoms with Crippen molar-refractivity contribution in [2.75, 3.05) is 0 Å². The van der Waals surface area contributed by atoms with Crippen LogP contribution in [0.5, 0.6) is 5.75 Å². The molecule has 162 valence electrons. The third-order valence-corrected chi connectivity index (χ3v) is 6.11. The number of carbonyl (C=O) groups is 1. The van der Waals surface area contributed by atoms with Gasteiger partial charge >= 0.3 is 0 Å². The van der Waals surface area contributed by atoms with Gasteiger partial charge in [0.15, 0.2) is 0 Å².